The van der Waals surface area contributed by atoms with Crippen LogP contribution in [0.15, 0.2) is 41.2 Å². The van der Waals surface area contributed by atoms with Crippen LogP contribution in [0.5, 0.6) is 5.75 Å². The first kappa shape index (κ1) is 16.0. The number of carbonyl (C=O) groups excluding carboxylic acids is 2. The van der Waals surface area contributed by atoms with Gasteiger partial charge >= 0.3 is 0 Å². The number of benzene rings is 1. The summed E-state index contributed by atoms with van der Waals surface area (Å²) < 4.78 is 4.75. The van der Waals surface area contributed by atoms with Crippen molar-refractivity contribution in [2.45, 2.75) is 6.54 Å². The Morgan fingerprint density at radius 3 is 2.70 bits per heavy atom. The Bertz CT molecular complexity index is 726. The van der Waals surface area contributed by atoms with E-state index in [0.29, 0.717) is 0 Å². The maximum absolute atomic E-state index is 11.7. The van der Waals surface area contributed by atoms with Gasteiger partial charge in [0.1, 0.15) is 12.0 Å². The number of carbonyl (C=O) groups is 2. The second-order valence-corrected chi connectivity index (χ2v) is 4.54. The molecule has 0 bridgehead atoms. The number of hydrogen-bond acceptors (Lipinski definition) is 6. The summed E-state index contributed by atoms with van der Waals surface area (Å²) in [7, 11) is 0. The van der Waals surface area contributed by atoms with Crippen molar-refractivity contribution in [3.8, 4) is 5.75 Å². The molecule has 120 valence electrons. The number of phenols is 1. The molecule has 2 aromatic rings. The summed E-state index contributed by atoms with van der Waals surface area (Å²) in [6.45, 7) is -0.381. The van der Waals surface area contributed by atoms with Crippen LogP contribution in [0.4, 0.5) is 5.69 Å². The maximum atomic E-state index is 11.7. The summed E-state index contributed by atoms with van der Waals surface area (Å²) >= 11 is 0. The normalized spacial score (nSPS) is 10.1. The van der Waals surface area contributed by atoms with Crippen LogP contribution in [-0.4, -0.2) is 28.4 Å². The number of nitrogens with one attached hydrogen (secondary N) is 2. The van der Waals surface area contributed by atoms with Gasteiger partial charge in [-0.25, -0.2) is 0 Å². The average molecular weight is 319 g/mol. The Hall–Kier alpha value is -3.36. The number of hydrogen-bond donors (Lipinski definition) is 3. The molecule has 0 atom stereocenters. The van der Waals surface area contributed by atoms with E-state index in [1.54, 1.807) is 0 Å². The summed E-state index contributed by atoms with van der Waals surface area (Å²) in [6, 6.07) is 4.96. The lowest BCUT2D eigenvalue weighted by Crippen LogP contribution is -2.36. The zero-order valence-electron chi connectivity index (χ0n) is 11.8. The first-order chi connectivity index (χ1) is 11.0. The summed E-state index contributed by atoms with van der Waals surface area (Å²) in [5.74, 6) is -1.14. The first-order valence-electron chi connectivity index (χ1n) is 6.50. The molecular weight excluding hydrogens is 306 g/mol. The minimum atomic E-state index is -0.601. The molecule has 3 N–H and O–H groups in total. The van der Waals surface area contributed by atoms with Crippen molar-refractivity contribution < 1.29 is 24.0 Å². The van der Waals surface area contributed by atoms with Gasteiger partial charge in [0, 0.05) is 24.2 Å². The highest BCUT2D eigenvalue weighted by Gasteiger charge is 2.12. The van der Waals surface area contributed by atoms with Crippen LogP contribution in [0, 0.1) is 10.1 Å². The van der Waals surface area contributed by atoms with Gasteiger partial charge in [0.15, 0.2) is 0 Å². The molecular formula is C14H13N3O6. The molecule has 0 saturated carbocycles. The van der Waals surface area contributed by atoms with Crippen LogP contribution >= 0.6 is 0 Å². The van der Waals surface area contributed by atoms with E-state index in [-0.39, 0.29) is 35.7 Å². The molecule has 0 radical (unpaired) electrons. The predicted octanol–water partition coefficient (Wildman–Crippen LogP) is 0.940. The number of aromatic hydroxyl groups is 1. The van der Waals surface area contributed by atoms with E-state index in [4.69, 9.17) is 4.42 Å². The van der Waals surface area contributed by atoms with Crippen molar-refractivity contribution in [1.82, 2.24) is 10.6 Å². The van der Waals surface area contributed by atoms with Gasteiger partial charge in [-0.2, -0.15) is 0 Å². The number of furan rings is 1. The van der Waals surface area contributed by atoms with Gasteiger partial charge in [0.05, 0.1) is 23.3 Å². The third-order valence-electron chi connectivity index (χ3n) is 2.94. The lowest BCUT2D eigenvalue weighted by Gasteiger charge is -2.08. The van der Waals surface area contributed by atoms with Crippen LogP contribution in [0.3, 0.4) is 0 Å². The highest BCUT2D eigenvalue weighted by Crippen LogP contribution is 2.22. The predicted molar refractivity (Wildman–Crippen MR) is 77.6 cm³/mol. The standard InChI is InChI=1S/C14H13N3O6/c18-12-2-1-11(17(21)22)5-10(12)6-15-13(19)7-16-14(20)9-3-4-23-8-9/h1-5,8,18H,6-7H2,(H,15,19)(H,16,20). The van der Waals surface area contributed by atoms with Crippen LogP contribution in [-0.2, 0) is 11.3 Å². The van der Waals surface area contributed by atoms with Crippen LogP contribution < -0.4 is 10.6 Å². The van der Waals surface area contributed by atoms with Crippen molar-refractivity contribution in [2.24, 2.45) is 0 Å². The number of nitro groups is 1. The van der Waals surface area contributed by atoms with E-state index in [9.17, 15) is 24.8 Å². The quantitative estimate of drug-likeness (QED) is 0.535. The van der Waals surface area contributed by atoms with Crippen molar-refractivity contribution in [3.63, 3.8) is 0 Å². The van der Waals surface area contributed by atoms with E-state index < -0.39 is 16.7 Å². The molecule has 0 aliphatic carbocycles. The molecule has 2 rings (SSSR count). The van der Waals surface area contributed by atoms with Gasteiger partial charge in [-0.05, 0) is 12.1 Å². The number of rotatable bonds is 6. The SMILES string of the molecule is O=C(CNC(=O)c1ccoc1)NCc1cc([N+](=O)[O-])ccc1O. The molecule has 1 aromatic heterocycles. The molecule has 0 spiro atoms. The molecule has 0 aliphatic rings. The fourth-order valence-corrected chi connectivity index (χ4v) is 1.74. The van der Waals surface area contributed by atoms with Crippen LogP contribution in [0.2, 0.25) is 0 Å². The Balaban J connectivity index is 1.86. The summed E-state index contributed by atoms with van der Waals surface area (Å²) in [4.78, 5) is 33.3. The van der Waals surface area contributed by atoms with Gasteiger partial charge in [-0.15, -0.1) is 0 Å². The smallest absolute Gasteiger partial charge is 0.270 e. The molecule has 2 amide bonds. The first-order valence-corrected chi connectivity index (χ1v) is 6.50. The second kappa shape index (κ2) is 7.07. The number of phenolic OH excluding ortho intramolecular Hbond substituents is 1. The van der Waals surface area contributed by atoms with Crippen molar-refractivity contribution in [3.05, 3.63) is 58.0 Å². The highest BCUT2D eigenvalue weighted by molar-refractivity contribution is 5.96. The molecule has 1 heterocycles. The number of non-ortho nitro benzene ring substituents is 1. The number of nitro benzene ring substituents is 1. The molecule has 9 nitrogen and oxygen atoms in total. The third-order valence-corrected chi connectivity index (χ3v) is 2.94. The maximum Gasteiger partial charge on any atom is 0.270 e. The molecule has 0 fully saturated rings. The van der Waals surface area contributed by atoms with Gasteiger partial charge < -0.3 is 20.2 Å². The minimum absolute atomic E-state index is 0.103. The number of nitrogens with zero attached hydrogens (tertiary/aromatic N) is 1. The zero-order chi connectivity index (χ0) is 16.8. The molecule has 0 unspecified atom stereocenters. The van der Waals surface area contributed by atoms with Gasteiger partial charge in [0.25, 0.3) is 11.6 Å². The van der Waals surface area contributed by atoms with Crippen LogP contribution in [0.25, 0.3) is 0 Å². The van der Waals surface area contributed by atoms with E-state index in [1.165, 1.54) is 30.7 Å². The third kappa shape index (κ3) is 4.30. The monoisotopic (exact) mass is 319 g/mol. The molecule has 0 saturated heterocycles. The van der Waals surface area contributed by atoms with E-state index >= 15 is 0 Å². The summed E-state index contributed by atoms with van der Waals surface area (Å²) in [5, 5.41) is 25.1. The molecule has 9 heteroatoms. The van der Waals surface area contributed by atoms with Crippen LogP contribution in [0.1, 0.15) is 15.9 Å². The Labute approximate surface area is 130 Å². The Kier molecular flexibility index (Phi) is 4.92. The van der Waals surface area contributed by atoms with Crippen molar-refractivity contribution in [1.29, 1.82) is 0 Å². The molecule has 0 aliphatic heterocycles. The fraction of sp³-hybridized carbons (Fsp3) is 0.143. The Morgan fingerprint density at radius 1 is 1.26 bits per heavy atom. The average Bonchev–Trinajstić information content (AvgIpc) is 3.06. The molecule has 1 aromatic carbocycles. The summed E-state index contributed by atoms with van der Waals surface area (Å²) in [6.07, 6.45) is 2.58. The van der Waals surface area contributed by atoms with E-state index in [1.807, 2.05) is 0 Å². The Morgan fingerprint density at radius 2 is 2.04 bits per heavy atom. The fourth-order valence-electron chi connectivity index (χ4n) is 1.74. The van der Waals surface area contributed by atoms with Gasteiger partial charge in [0.2, 0.25) is 5.91 Å². The van der Waals surface area contributed by atoms with Crippen molar-refractivity contribution in [2.75, 3.05) is 6.54 Å². The minimum Gasteiger partial charge on any atom is -0.508 e. The lowest BCUT2D eigenvalue weighted by molar-refractivity contribution is -0.384. The second-order valence-electron chi connectivity index (χ2n) is 4.54. The van der Waals surface area contributed by atoms with Crippen molar-refractivity contribution >= 4 is 17.5 Å². The molecule has 23 heavy (non-hydrogen) atoms. The van der Waals surface area contributed by atoms with Gasteiger partial charge in [-0.1, -0.05) is 0 Å². The zero-order valence-corrected chi connectivity index (χ0v) is 11.8. The van der Waals surface area contributed by atoms with Gasteiger partial charge in [-0.3, -0.25) is 19.7 Å². The van der Waals surface area contributed by atoms with E-state index in [0.717, 1.165) is 6.07 Å². The lowest BCUT2D eigenvalue weighted by atomic mass is 10.2. The largest absolute Gasteiger partial charge is 0.508 e. The highest BCUT2D eigenvalue weighted by atomic mass is 16.6. The number of amides is 2. The van der Waals surface area contributed by atoms with E-state index in [2.05, 4.69) is 10.6 Å². The summed E-state index contributed by atoms with van der Waals surface area (Å²) in [5.41, 5.74) is 0.295. The topological polar surface area (TPSA) is 135 Å².